The Morgan fingerprint density at radius 1 is 0.615 bits per heavy atom. The Balaban J connectivity index is -0.000000158. The maximum atomic E-state index is 7.39. The predicted molar refractivity (Wildman–Crippen MR) is 336 cm³/mol. The molecule has 6 aromatic rings. The van der Waals surface area contributed by atoms with Crippen molar-refractivity contribution in [1.82, 2.24) is 15.0 Å². The maximum absolute atomic E-state index is 7.39. The number of nitrogens with zero attached hydrogens (tertiary/aromatic N) is 5. The van der Waals surface area contributed by atoms with E-state index in [1.54, 1.807) is 62.0 Å². The second-order valence-corrected chi connectivity index (χ2v) is 17.6. The minimum absolute atomic E-state index is 0. The quantitative estimate of drug-likeness (QED) is 0.0643. The van der Waals surface area contributed by atoms with Crippen LogP contribution in [0.3, 0.4) is 0 Å². The number of amidine groups is 2. The molecule has 0 saturated heterocycles. The highest BCUT2D eigenvalue weighted by atomic mass is 127. The third kappa shape index (κ3) is 30.6. The molecule has 0 atom stereocenters. The summed E-state index contributed by atoms with van der Waals surface area (Å²) in [5.74, 6) is 1.28. The molecule has 19 heteroatoms. The molecule has 8 rings (SSSR count). The highest BCUT2D eigenvalue weighted by Gasteiger charge is 2.03. The van der Waals surface area contributed by atoms with Crippen LogP contribution in [0.1, 0.15) is 50.6 Å². The highest BCUT2D eigenvalue weighted by Crippen LogP contribution is 2.22. The van der Waals surface area contributed by atoms with Gasteiger partial charge in [-0.15, -0.1) is 139 Å². The van der Waals surface area contributed by atoms with Gasteiger partial charge in [-0.3, -0.25) is 20.8 Å². The number of hydrogen-bond acceptors (Lipinski definition) is 13. The first kappa shape index (κ1) is 71.6. The molecule has 10 nitrogen and oxygen atoms in total. The molecule has 0 amide bonds. The summed E-state index contributed by atoms with van der Waals surface area (Å²) in [6, 6.07) is 24.6. The Morgan fingerprint density at radius 3 is 1.15 bits per heavy atom. The van der Waals surface area contributed by atoms with Crippen molar-refractivity contribution >= 4 is 192 Å². The zero-order valence-corrected chi connectivity index (χ0v) is 50.1. The van der Waals surface area contributed by atoms with Gasteiger partial charge in [-0.25, -0.2) is 15.0 Å². The number of thioether (sulfide) groups is 2. The van der Waals surface area contributed by atoms with Crippen LogP contribution >= 0.6 is 139 Å². The molecule has 0 bridgehead atoms. The van der Waals surface area contributed by atoms with Crippen LogP contribution in [0.25, 0.3) is 30.6 Å². The molecule has 0 spiro atoms. The molecule has 3 heterocycles. The van der Waals surface area contributed by atoms with Crippen molar-refractivity contribution in [2.45, 2.75) is 54.9 Å². The Bertz CT molecular complexity index is 2140. The molecule has 0 radical (unpaired) electrons. The minimum atomic E-state index is 0. The molecule has 3 aromatic carbocycles. The number of benzene rings is 3. The molecule has 0 aliphatic heterocycles. The molecule has 0 fully saturated rings. The predicted octanol–water partition coefficient (Wildman–Crippen LogP) is 15.1. The fourth-order valence-corrected chi connectivity index (χ4v) is 7.38. The van der Waals surface area contributed by atoms with Crippen LogP contribution in [-0.4, -0.2) is 70.4 Å². The first-order chi connectivity index (χ1) is 28.8. The number of aliphatic imine (C=N–C) groups is 2. The summed E-state index contributed by atoms with van der Waals surface area (Å²) in [5, 5.41) is 18.9. The Labute approximate surface area is 465 Å². The van der Waals surface area contributed by atoms with Crippen LogP contribution in [-0.2, 0) is 0 Å². The lowest BCUT2D eigenvalue weighted by Crippen LogP contribution is -2.13. The number of hydrogen-bond donors (Lipinski definition) is 5. The lowest BCUT2D eigenvalue weighted by Gasteiger charge is -1.97. The zero-order chi connectivity index (χ0) is 44.9. The van der Waals surface area contributed by atoms with Crippen LogP contribution in [0.5, 0.6) is 0 Å². The number of thiazole rings is 3. The van der Waals surface area contributed by atoms with E-state index in [9.17, 15) is 0 Å². The Morgan fingerprint density at radius 2 is 0.923 bits per heavy atom. The SMILES string of the molecule is Br.Br.C.CN.CN=C(C)N.CN=C(N)C1=CC=CC1.CSC(=N)C1=CC=CC1.CSC(C)=N.Cc1nc2ccccc2s1.Cc1nc2ccccc2s1.Cc1nc2ccccc2s1.I.I.[2HH]. The van der Waals surface area contributed by atoms with Gasteiger partial charge in [0.25, 0.3) is 0 Å². The standard InChI is InChI=1S/3C8H7NS.C7H10N2.C7H9NS.C3H8N2.C3H7NS.CH5N.CH4.2BrH.2HI.H2/c3*1-6-9-7-4-2-3-5-8(7)10-6;2*1-9-7(8)6-4-2-3-5-6;2*1-3(4)5-2;1-2;;;;;;/h3*2-5H,1H3;2-4H,5H2,1H3,(H2,8,9);2-4,8H,5H2,1H3;1-2H3,(H2,4,5);4H,1-2H3;2H2,1H3;1H4;5*1H/i;;;;;;;;;;;;;1+1. The van der Waals surface area contributed by atoms with Gasteiger partial charge in [0.05, 0.1) is 61.6 Å². The van der Waals surface area contributed by atoms with Gasteiger partial charge < -0.3 is 17.2 Å². The molecule has 8 N–H and O–H groups in total. The van der Waals surface area contributed by atoms with Gasteiger partial charge in [-0.1, -0.05) is 80.3 Å². The third-order valence-electron chi connectivity index (χ3n) is 7.47. The van der Waals surface area contributed by atoms with Crippen molar-refractivity contribution in [2.75, 3.05) is 33.7 Å². The molecular formula is C46H70Br2I2N10S5. The van der Waals surface area contributed by atoms with Crippen molar-refractivity contribution < 1.29 is 1.43 Å². The van der Waals surface area contributed by atoms with E-state index in [0.29, 0.717) is 21.8 Å². The van der Waals surface area contributed by atoms with Gasteiger partial charge in [0.2, 0.25) is 0 Å². The summed E-state index contributed by atoms with van der Waals surface area (Å²) in [6.07, 6.45) is 17.8. The third-order valence-corrected chi connectivity index (χ3v) is 11.6. The summed E-state index contributed by atoms with van der Waals surface area (Å²) in [4.78, 5) is 20.4. The molecule has 0 unspecified atom stereocenters. The normalized spacial score (nSPS) is 11.2. The van der Waals surface area contributed by atoms with Crippen molar-refractivity contribution in [2.24, 2.45) is 27.2 Å². The van der Waals surface area contributed by atoms with Crippen LogP contribution in [0.4, 0.5) is 0 Å². The fourth-order valence-electron chi connectivity index (χ4n) is 4.49. The second-order valence-electron chi connectivity index (χ2n) is 12.0. The number of nitrogens with two attached hydrogens (primary N) is 3. The van der Waals surface area contributed by atoms with Gasteiger partial charge in [0.1, 0.15) is 5.84 Å². The summed E-state index contributed by atoms with van der Waals surface area (Å²) in [6.45, 7) is 9.62. The first-order valence-electron chi connectivity index (χ1n) is 18.7. The van der Waals surface area contributed by atoms with Crippen LogP contribution in [0.15, 0.2) is 130 Å². The lowest BCUT2D eigenvalue weighted by atomic mass is 10.2. The molecule has 2 aliphatic rings. The van der Waals surface area contributed by atoms with Crippen LogP contribution in [0, 0.1) is 31.6 Å². The topological polar surface area (TPSA) is 189 Å². The lowest BCUT2D eigenvalue weighted by molar-refractivity contribution is 1.30. The van der Waals surface area contributed by atoms with E-state index >= 15 is 0 Å². The van der Waals surface area contributed by atoms with E-state index < -0.39 is 0 Å². The van der Waals surface area contributed by atoms with Gasteiger partial charge >= 0.3 is 0 Å². The molecular weight excluding hydrogens is 1270 g/mol. The molecule has 362 valence electrons. The number of allylic oxidation sites excluding steroid dienone is 6. The van der Waals surface area contributed by atoms with Crippen molar-refractivity contribution in [1.29, 1.82) is 10.8 Å². The first-order valence-corrected chi connectivity index (χ1v) is 23.6. The summed E-state index contributed by atoms with van der Waals surface area (Å²) in [5.41, 5.74) is 20.7. The van der Waals surface area contributed by atoms with Crippen LogP contribution < -0.4 is 17.2 Å². The summed E-state index contributed by atoms with van der Waals surface area (Å²) < 4.78 is 3.83. The van der Waals surface area contributed by atoms with E-state index in [1.807, 2.05) is 112 Å². The molecule has 2 aliphatic carbocycles. The number of aromatic nitrogens is 3. The molecule has 0 saturated carbocycles. The van der Waals surface area contributed by atoms with Crippen molar-refractivity contribution in [3.8, 4) is 0 Å². The fraction of sp³-hybridized carbons (Fsp3) is 0.283. The highest BCUT2D eigenvalue weighted by molar-refractivity contribution is 14.0. The van der Waals surface area contributed by atoms with Gasteiger partial charge in [-0.05, 0) is 115 Å². The largest absolute Gasteiger partial charge is 0.388 e. The average Bonchev–Trinajstić information content (AvgIpc) is 4.12. The van der Waals surface area contributed by atoms with Gasteiger partial charge in [0.15, 0.2) is 0 Å². The monoisotopic (exact) mass is 1340 g/mol. The summed E-state index contributed by atoms with van der Waals surface area (Å²) in [7, 11) is 4.86. The van der Waals surface area contributed by atoms with Crippen molar-refractivity contribution in [3.63, 3.8) is 0 Å². The Hall–Kier alpha value is -2.35. The number of rotatable bonds is 2. The number of nitrogens with one attached hydrogen (secondary N) is 2. The Kier molecular flexibility index (Phi) is 47.4. The molecule has 3 aromatic heterocycles. The number of aryl methyl sites for hydroxylation is 3. The van der Waals surface area contributed by atoms with Gasteiger partial charge in [-0.2, -0.15) is 0 Å². The average molecular weight is 1340 g/mol. The number of halogens is 4. The second kappa shape index (κ2) is 43.0. The number of fused-ring (bicyclic) bond motifs is 3. The van der Waals surface area contributed by atoms with E-state index in [4.69, 9.17) is 22.3 Å². The van der Waals surface area contributed by atoms with E-state index in [1.165, 1.54) is 44.7 Å². The van der Waals surface area contributed by atoms with E-state index in [0.717, 1.165) is 55.6 Å². The maximum Gasteiger partial charge on any atom is 0.121 e. The van der Waals surface area contributed by atoms with E-state index in [-0.39, 0.29) is 90.8 Å². The zero-order valence-electron chi connectivity index (χ0n) is 37.9. The molecule has 65 heavy (non-hydrogen) atoms. The van der Waals surface area contributed by atoms with Gasteiger partial charge in [0, 0.05) is 15.5 Å². The summed E-state index contributed by atoms with van der Waals surface area (Å²) >= 11 is 8.18. The van der Waals surface area contributed by atoms with Crippen LogP contribution in [0.2, 0.25) is 0 Å². The van der Waals surface area contributed by atoms with E-state index in [2.05, 4.69) is 61.0 Å². The smallest absolute Gasteiger partial charge is 0.121 e. The minimum Gasteiger partial charge on any atom is -0.388 e. The van der Waals surface area contributed by atoms with Crippen molar-refractivity contribution in [3.05, 3.63) is 135 Å². The number of para-hydroxylation sites is 3.